The van der Waals surface area contributed by atoms with Crippen molar-refractivity contribution in [1.29, 1.82) is 0 Å². The molecule has 1 saturated heterocycles. The van der Waals surface area contributed by atoms with Crippen LogP contribution in [0.2, 0.25) is 0 Å². The lowest BCUT2D eigenvalue weighted by Gasteiger charge is -2.10. The van der Waals surface area contributed by atoms with Gasteiger partial charge in [-0.3, -0.25) is 4.79 Å². The fourth-order valence-corrected chi connectivity index (χ4v) is 3.42. The topological polar surface area (TPSA) is 17.1 Å². The van der Waals surface area contributed by atoms with Crippen LogP contribution in [0.5, 0.6) is 0 Å². The summed E-state index contributed by atoms with van der Waals surface area (Å²) in [5, 5.41) is 0. The molecule has 2 rings (SSSR count). The van der Waals surface area contributed by atoms with E-state index in [9.17, 15) is 4.79 Å². The van der Waals surface area contributed by atoms with Gasteiger partial charge in [-0.15, -0.1) is 0 Å². The van der Waals surface area contributed by atoms with E-state index < -0.39 is 0 Å². The Hall–Kier alpha value is -0.280. The Balaban J connectivity index is 2.28. The van der Waals surface area contributed by atoms with Gasteiger partial charge in [0.1, 0.15) is 0 Å². The third-order valence-electron chi connectivity index (χ3n) is 2.83. The summed E-state index contributed by atoms with van der Waals surface area (Å²) in [5.41, 5.74) is 1.95. The number of carbonyl (C=O) groups excluding carboxylic acids is 1. The molecule has 0 amide bonds. The number of thioether (sulfide) groups is 1. The van der Waals surface area contributed by atoms with Gasteiger partial charge < -0.3 is 0 Å². The number of ketones is 1. The van der Waals surface area contributed by atoms with Crippen LogP contribution >= 0.6 is 27.7 Å². The zero-order chi connectivity index (χ0) is 10.8. The summed E-state index contributed by atoms with van der Waals surface area (Å²) in [6, 6.07) is 5.85. The standard InChI is InChI=1S/C12H13BrOS/c1-8-10(3-2-4-11(8)13)12(14)9-5-6-15-7-9/h2-4,9H,5-7H2,1H3. The minimum atomic E-state index is 0.239. The molecule has 1 unspecified atom stereocenters. The Labute approximate surface area is 103 Å². The summed E-state index contributed by atoms with van der Waals surface area (Å²) < 4.78 is 1.03. The molecule has 0 spiro atoms. The number of hydrogen-bond donors (Lipinski definition) is 0. The maximum atomic E-state index is 12.2. The second-order valence-electron chi connectivity index (χ2n) is 3.84. The van der Waals surface area contributed by atoms with Crippen molar-refractivity contribution in [2.75, 3.05) is 11.5 Å². The molecule has 1 aromatic rings. The molecule has 0 radical (unpaired) electrons. The lowest BCUT2D eigenvalue weighted by Crippen LogP contribution is -2.15. The molecule has 1 aliphatic rings. The van der Waals surface area contributed by atoms with Crippen LogP contribution in [0.1, 0.15) is 22.3 Å². The number of benzene rings is 1. The van der Waals surface area contributed by atoms with Gasteiger partial charge in [0.15, 0.2) is 5.78 Å². The van der Waals surface area contributed by atoms with E-state index in [-0.39, 0.29) is 5.92 Å². The van der Waals surface area contributed by atoms with E-state index in [1.54, 1.807) is 0 Å². The van der Waals surface area contributed by atoms with Gasteiger partial charge in [0, 0.05) is 21.7 Å². The zero-order valence-electron chi connectivity index (χ0n) is 8.63. The molecule has 1 atom stereocenters. The van der Waals surface area contributed by atoms with Crippen LogP contribution in [-0.2, 0) is 0 Å². The predicted octanol–water partition coefficient (Wildman–Crippen LogP) is 3.69. The van der Waals surface area contributed by atoms with Crippen LogP contribution in [0.25, 0.3) is 0 Å². The Bertz CT molecular complexity index is 383. The molecule has 0 bridgehead atoms. The van der Waals surface area contributed by atoms with Crippen LogP contribution in [0.3, 0.4) is 0 Å². The molecule has 1 heterocycles. The summed E-state index contributed by atoms with van der Waals surface area (Å²) in [6.07, 6.45) is 1.04. The first-order chi connectivity index (χ1) is 7.20. The molecular weight excluding hydrogens is 272 g/mol. The highest BCUT2D eigenvalue weighted by atomic mass is 79.9. The summed E-state index contributed by atoms with van der Waals surface area (Å²) in [7, 11) is 0. The maximum Gasteiger partial charge on any atom is 0.167 e. The molecule has 1 nitrogen and oxygen atoms in total. The first-order valence-corrected chi connectivity index (χ1v) is 7.02. The third kappa shape index (κ3) is 2.28. The highest BCUT2D eigenvalue weighted by Gasteiger charge is 2.25. The van der Waals surface area contributed by atoms with Gasteiger partial charge in [-0.2, -0.15) is 11.8 Å². The van der Waals surface area contributed by atoms with E-state index in [1.165, 1.54) is 0 Å². The molecule has 0 N–H and O–H groups in total. The second kappa shape index (κ2) is 4.71. The number of carbonyl (C=O) groups is 1. The Kier molecular flexibility index (Phi) is 3.52. The maximum absolute atomic E-state index is 12.2. The minimum Gasteiger partial charge on any atom is -0.294 e. The Morgan fingerprint density at radius 3 is 3.00 bits per heavy atom. The summed E-state index contributed by atoms with van der Waals surface area (Å²) in [6.45, 7) is 2.00. The molecule has 0 saturated carbocycles. The first kappa shape index (κ1) is 11.2. The Morgan fingerprint density at radius 2 is 2.33 bits per heavy atom. The SMILES string of the molecule is Cc1c(Br)cccc1C(=O)C1CCSC1. The third-order valence-corrected chi connectivity index (χ3v) is 4.86. The number of hydrogen-bond acceptors (Lipinski definition) is 2. The molecule has 0 aromatic heterocycles. The van der Waals surface area contributed by atoms with E-state index >= 15 is 0 Å². The van der Waals surface area contributed by atoms with Crippen LogP contribution in [0.4, 0.5) is 0 Å². The van der Waals surface area contributed by atoms with Crippen molar-refractivity contribution in [2.24, 2.45) is 5.92 Å². The van der Waals surface area contributed by atoms with Crippen molar-refractivity contribution >= 4 is 33.5 Å². The van der Waals surface area contributed by atoms with Crippen molar-refractivity contribution < 1.29 is 4.79 Å². The summed E-state index contributed by atoms with van der Waals surface area (Å²) >= 11 is 5.35. The fourth-order valence-electron chi connectivity index (χ4n) is 1.84. The first-order valence-electron chi connectivity index (χ1n) is 5.07. The molecule has 3 heteroatoms. The van der Waals surface area contributed by atoms with Crippen molar-refractivity contribution in [2.45, 2.75) is 13.3 Å². The normalized spacial score (nSPS) is 20.5. The van der Waals surface area contributed by atoms with E-state index in [0.29, 0.717) is 5.78 Å². The molecular formula is C12H13BrOS. The van der Waals surface area contributed by atoms with Gasteiger partial charge in [0.05, 0.1) is 0 Å². The second-order valence-corrected chi connectivity index (χ2v) is 5.84. The molecule has 1 aromatic carbocycles. The molecule has 1 fully saturated rings. The number of halogens is 1. The predicted molar refractivity (Wildman–Crippen MR) is 68.6 cm³/mol. The lowest BCUT2D eigenvalue weighted by molar-refractivity contribution is 0.0933. The van der Waals surface area contributed by atoms with Gasteiger partial charge in [-0.05, 0) is 30.7 Å². The van der Waals surface area contributed by atoms with Crippen LogP contribution in [-0.4, -0.2) is 17.3 Å². The van der Waals surface area contributed by atoms with Crippen LogP contribution < -0.4 is 0 Å². The van der Waals surface area contributed by atoms with Gasteiger partial charge >= 0.3 is 0 Å². The highest BCUT2D eigenvalue weighted by molar-refractivity contribution is 9.10. The molecule has 15 heavy (non-hydrogen) atoms. The zero-order valence-corrected chi connectivity index (χ0v) is 11.0. The van der Waals surface area contributed by atoms with Crippen molar-refractivity contribution in [1.82, 2.24) is 0 Å². The van der Waals surface area contributed by atoms with Crippen molar-refractivity contribution in [3.05, 3.63) is 33.8 Å². The Morgan fingerprint density at radius 1 is 1.53 bits per heavy atom. The van der Waals surface area contributed by atoms with Gasteiger partial charge in [-0.1, -0.05) is 28.1 Å². The van der Waals surface area contributed by atoms with Crippen molar-refractivity contribution in [3.8, 4) is 0 Å². The quantitative estimate of drug-likeness (QED) is 0.771. The van der Waals surface area contributed by atoms with Gasteiger partial charge in [-0.25, -0.2) is 0 Å². The molecule has 80 valence electrons. The van der Waals surface area contributed by atoms with Crippen LogP contribution in [0, 0.1) is 12.8 Å². The van der Waals surface area contributed by atoms with E-state index in [1.807, 2.05) is 36.9 Å². The van der Waals surface area contributed by atoms with Crippen molar-refractivity contribution in [3.63, 3.8) is 0 Å². The molecule has 0 aliphatic carbocycles. The average Bonchev–Trinajstić information content (AvgIpc) is 2.74. The summed E-state index contributed by atoms with van der Waals surface area (Å²) in [5.74, 6) is 2.68. The minimum absolute atomic E-state index is 0.239. The van der Waals surface area contributed by atoms with Gasteiger partial charge in [0.2, 0.25) is 0 Å². The molecule has 1 aliphatic heterocycles. The fraction of sp³-hybridized carbons (Fsp3) is 0.417. The van der Waals surface area contributed by atoms with E-state index in [0.717, 1.165) is 33.5 Å². The monoisotopic (exact) mass is 284 g/mol. The highest BCUT2D eigenvalue weighted by Crippen LogP contribution is 2.29. The van der Waals surface area contributed by atoms with E-state index in [4.69, 9.17) is 0 Å². The average molecular weight is 285 g/mol. The lowest BCUT2D eigenvalue weighted by atomic mass is 9.94. The largest absolute Gasteiger partial charge is 0.294 e. The van der Waals surface area contributed by atoms with Crippen LogP contribution in [0.15, 0.2) is 22.7 Å². The number of rotatable bonds is 2. The summed E-state index contributed by atoms with van der Waals surface area (Å²) in [4.78, 5) is 12.2. The number of Topliss-reactive ketones (excluding diaryl/α,β-unsaturated/α-hetero) is 1. The smallest absolute Gasteiger partial charge is 0.167 e. The van der Waals surface area contributed by atoms with Gasteiger partial charge in [0.25, 0.3) is 0 Å². The van der Waals surface area contributed by atoms with E-state index in [2.05, 4.69) is 15.9 Å².